The molecular weight excluding hydrogens is 396 g/mol. The Morgan fingerprint density at radius 2 is 1.97 bits per heavy atom. The van der Waals surface area contributed by atoms with Crippen LogP contribution in [0, 0.1) is 11.3 Å². The topological polar surface area (TPSA) is 108 Å². The summed E-state index contributed by atoms with van der Waals surface area (Å²) >= 11 is 0. The Hall–Kier alpha value is -4.44. The number of nitrogens with two attached hydrogens (primary N) is 1. The summed E-state index contributed by atoms with van der Waals surface area (Å²) in [5.41, 5.74) is 7.90. The van der Waals surface area contributed by atoms with Crippen LogP contribution in [0.2, 0.25) is 0 Å². The molecule has 3 aromatic rings. The molecule has 0 aliphatic carbocycles. The number of fused-ring (bicyclic) bond motifs is 1. The third kappa shape index (κ3) is 4.00. The Balaban J connectivity index is 1.66. The van der Waals surface area contributed by atoms with E-state index < -0.39 is 11.9 Å². The minimum atomic E-state index is -0.631. The Morgan fingerprint density at radius 3 is 2.65 bits per heavy atom. The molecule has 0 saturated heterocycles. The molecule has 154 valence electrons. The third-order valence-electron chi connectivity index (χ3n) is 4.70. The summed E-state index contributed by atoms with van der Waals surface area (Å²) in [5.74, 6) is 0.374. The number of carbonyl (C=O) groups excluding carboxylic acids is 1. The van der Waals surface area contributed by atoms with Gasteiger partial charge in [0.05, 0.1) is 12.2 Å². The first-order chi connectivity index (χ1) is 15.1. The van der Waals surface area contributed by atoms with Crippen molar-refractivity contribution in [3.63, 3.8) is 0 Å². The second kappa shape index (κ2) is 8.51. The smallest absolute Gasteiger partial charge is 0.379 e. The maximum Gasteiger partial charge on any atom is 0.379 e. The summed E-state index contributed by atoms with van der Waals surface area (Å²) < 4.78 is 21.6. The van der Waals surface area contributed by atoms with Gasteiger partial charge in [0, 0.05) is 11.6 Å². The Labute approximate surface area is 178 Å². The zero-order valence-electron chi connectivity index (χ0n) is 16.4. The van der Waals surface area contributed by atoms with Crippen LogP contribution in [0.1, 0.15) is 27.6 Å². The fourth-order valence-corrected chi connectivity index (χ4v) is 3.31. The molecule has 1 atom stereocenters. The van der Waals surface area contributed by atoms with Crippen LogP contribution in [0.5, 0.6) is 17.2 Å². The molecule has 0 spiro atoms. The van der Waals surface area contributed by atoms with Gasteiger partial charge >= 0.3 is 5.97 Å². The van der Waals surface area contributed by atoms with Crippen LogP contribution in [0.3, 0.4) is 0 Å². The molecule has 1 unspecified atom stereocenters. The lowest BCUT2D eigenvalue weighted by Crippen LogP contribution is -2.21. The number of hydrogen-bond donors (Lipinski definition) is 1. The quantitative estimate of drug-likeness (QED) is 0.364. The highest BCUT2D eigenvalue weighted by atomic mass is 16.5. The van der Waals surface area contributed by atoms with Gasteiger partial charge in [-0.2, -0.15) is 5.26 Å². The van der Waals surface area contributed by atoms with Crippen LogP contribution in [0.25, 0.3) is 0 Å². The van der Waals surface area contributed by atoms with Gasteiger partial charge in [-0.3, -0.25) is 0 Å². The van der Waals surface area contributed by atoms with E-state index in [4.69, 9.17) is 24.4 Å². The fraction of sp³-hybridized carbons (Fsp3) is 0.0833. The van der Waals surface area contributed by atoms with Crippen molar-refractivity contribution < 1.29 is 23.4 Å². The van der Waals surface area contributed by atoms with E-state index in [-0.39, 0.29) is 17.4 Å². The zero-order chi connectivity index (χ0) is 21.8. The highest BCUT2D eigenvalue weighted by molar-refractivity contribution is 5.88. The van der Waals surface area contributed by atoms with Gasteiger partial charge in [0.15, 0.2) is 0 Å². The standard InChI is InChI=1S/C24H18N2O5/c1-2-11-28-16-7-5-15(6-8-16)22-18-10-9-17(30-24(27)20-4-3-12-29-20)13-21(18)31-23(26)19(22)14-25/h2-10,12-13,22H,1,11,26H2. The van der Waals surface area contributed by atoms with Crippen molar-refractivity contribution in [3.05, 3.63) is 102 Å². The minimum absolute atomic E-state index is 0.00138. The van der Waals surface area contributed by atoms with Crippen LogP contribution in [0.4, 0.5) is 0 Å². The number of benzene rings is 2. The molecule has 2 aromatic carbocycles. The third-order valence-corrected chi connectivity index (χ3v) is 4.70. The predicted octanol–water partition coefficient (Wildman–Crippen LogP) is 4.28. The highest BCUT2D eigenvalue weighted by Crippen LogP contribution is 2.43. The van der Waals surface area contributed by atoms with E-state index in [2.05, 4.69) is 12.6 Å². The van der Waals surface area contributed by atoms with Gasteiger partial charge in [0.1, 0.15) is 35.5 Å². The molecule has 2 heterocycles. The number of furan rings is 1. The molecule has 1 aromatic heterocycles. The van der Waals surface area contributed by atoms with E-state index in [9.17, 15) is 10.1 Å². The lowest BCUT2D eigenvalue weighted by atomic mass is 9.83. The van der Waals surface area contributed by atoms with Crippen LogP contribution in [-0.2, 0) is 0 Å². The molecule has 7 heteroatoms. The predicted molar refractivity (Wildman–Crippen MR) is 112 cm³/mol. The molecule has 1 aliphatic heterocycles. The van der Waals surface area contributed by atoms with Crippen LogP contribution in [-0.4, -0.2) is 12.6 Å². The molecular formula is C24H18N2O5. The number of hydrogen-bond acceptors (Lipinski definition) is 7. The molecule has 31 heavy (non-hydrogen) atoms. The summed E-state index contributed by atoms with van der Waals surface area (Å²) in [6.45, 7) is 4.03. The average Bonchev–Trinajstić information content (AvgIpc) is 3.32. The number of nitriles is 1. The van der Waals surface area contributed by atoms with Crippen molar-refractivity contribution in [3.8, 4) is 23.3 Å². The van der Waals surface area contributed by atoms with Gasteiger partial charge in [0.25, 0.3) is 0 Å². The number of nitrogens with zero attached hydrogens (tertiary/aromatic N) is 1. The summed E-state index contributed by atoms with van der Waals surface area (Å²) in [4.78, 5) is 12.1. The van der Waals surface area contributed by atoms with Crippen molar-refractivity contribution >= 4 is 5.97 Å². The summed E-state index contributed by atoms with van der Waals surface area (Å²) in [6.07, 6.45) is 3.05. The normalized spacial score (nSPS) is 14.7. The largest absolute Gasteiger partial charge is 0.490 e. The summed E-state index contributed by atoms with van der Waals surface area (Å²) in [6, 6.07) is 17.6. The first-order valence-electron chi connectivity index (χ1n) is 9.41. The molecule has 0 bridgehead atoms. The van der Waals surface area contributed by atoms with Crippen molar-refractivity contribution in [2.24, 2.45) is 5.73 Å². The maximum absolute atomic E-state index is 12.1. The average molecular weight is 414 g/mol. The number of esters is 1. The lowest BCUT2D eigenvalue weighted by Gasteiger charge is -2.26. The molecule has 0 fully saturated rings. The van der Waals surface area contributed by atoms with Gasteiger partial charge in [-0.1, -0.05) is 30.9 Å². The molecule has 0 radical (unpaired) electrons. The Bertz CT molecular complexity index is 1190. The van der Waals surface area contributed by atoms with E-state index in [1.54, 1.807) is 30.3 Å². The van der Waals surface area contributed by atoms with Gasteiger partial charge in [-0.25, -0.2) is 4.79 Å². The lowest BCUT2D eigenvalue weighted by molar-refractivity contribution is 0.0701. The first kappa shape index (κ1) is 19.9. The van der Waals surface area contributed by atoms with Gasteiger partial charge < -0.3 is 24.4 Å². The first-order valence-corrected chi connectivity index (χ1v) is 9.41. The van der Waals surface area contributed by atoms with Gasteiger partial charge in [-0.15, -0.1) is 0 Å². The Morgan fingerprint density at radius 1 is 1.19 bits per heavy atom. The summed E-state index contributed by atoms with van der Waals surface area (Å²) in [5, 5.41) is 9.69. The summed E-state index contributed by atoms with van der Waals surface area (Å²) in [7, 11) is 0. The van der Waals surface area contributed by atoms with E-state index in [0.717, 1.165) is 11.1 Å². The molecule has 2 N–H and O–H groups in total. The van der Waals surface area contributed by atoms with Gasteiger partial charge in [-0.05, 0) is 35.9 Å². The second-order valence-corrected chi connectivity index (χ2v) is 6.66. The van der Waals surface area contributed by atoms with Crippen molar-refractivity contribution in [1.82, 2.24) is 0 Å². The van der Waals surface area contributed by atoms with Crippen molar-refractivity contribution in [1.29, 1.82) is 5.26 Å². The molecule has 0 amide bonds. The highest BCUT2D eigenvalue weighted by Gasteiger charge is 2.31. The molecule has 7 nitrogen and oxygen atoms in total. The molecule has 4 rings (SSSR count). The van der Waals surface area contributed by atoms with Crippen LogP contribution < -0.4 is 19.9 Å². The van der Waals surface area contributed by atoms with E-state index >= 15 is 0 Å². The van der Waals surface area contributed by atoms with E-state index in [1.165, 1.54) is 12.3 Å². The molecule has 1 aliphatic rings. The van der Waals surface area contributed by atoms with Crippen molar-refractivity contribution in [2.45, 2.75) is 5.92 Å². The van der Waals surface area contributed by atoms with E-state index in [1.807, 2.05) is 24.3 Å². The maximum atomic E-state index is 12.1. The fourth-order valence-electron chi connectivity index (χ4n) is 3.31. The number of carbonyl (C=O) groups is 1. The Kier molecular flexibility index (Phi) is 5.45. The van der Waals surface area contributed by atoms with Gasteiger partial charge in [0.2, 0.25) is 11.6 Å². The van der Waals surface area contributed by atoms with Crippen molar-refractivity contribution in [2.75, 3.05) is 6.61 Å². The number of allylic oxidation sites excluding steroid dienone is 1. The van der Waals surface area contributed by atoms with Crippen LogP contribution in [0.15, 0.2) is 89.4 Å². The SMILES string of the molecule is C=CCOc1ccc(C2C(C#N)=C(N)Oc3cc(OC(=O)c4ccco4)ccc32)cc1. The van der Waals surface area contributed by atoms with E-state index in [0.29, 0.717) is 23.7 Å². The molecule has 0 saturated carbocycles. The number of ether oxygens (including phenoxy) is 3. The minimum Gasteiger partial charge on any atom is -0.490 e. The monoisotopic (exact) mass is 414 g/mol. The second-order valence-electron chi connectivity index (χ2n) is 6.66. The number of rotatable bonds is 6. The zero-order valence-corrected chi connectivity index (χ0v) is 16.4. The van der Waals surface area contributed by atoms with Crippen LogP contribution >= 0.6 is 0 Å².